The van der Waals surface area contributed by atoms with Crippen LogP contribution in [0.25, 0.3) is 0 Å². The number of rotatable bonds is 9. The lowest BCUT2D eigenvalue weighted by Gasteiger charge is -2.29. The van der Waals surface area contributed by atoms with Crippen LogP contribution in [0.5, 0.6) is 0 Å². The zero-order chi connectivity index (χ0) is 11.7. The third-order valence-corrected chi connectivity index (χ3v) is 3.44. The van der Waals surface area contributed by atoms with E-state index in [-0.39, 0.29) is 0 Å². The van der Waals surface area contributed by atoms with E-state index in [1.807, 2.05) is 7.05 Å². The molecule has 1 heteroatoms. The van der Waals surface area contributed by atoms with E-state index >= 15 is 0 Å². The van der Waals surface area contributed by atoms with Gasteiger partial charge in [-0.05, 0) is 37.8 Å². The largest absolute Gasteiger partial charge is 0.320 e. The smallest absolute Gasteiger partial charge is 0.00468 e. The molecule has 0 aliphatic carbocycles. The first-order valence-electron chi connectivity index (χ1n) is 6.70. The predicted octanol–water partition coefficient (Wildman–Crippen LogP) is 4.23. The van der Waals surface area contributed by atoms with Crippen molar-refractivity contribution in [2.24, 2.45) is 11.3 Å². The van der Waals surface area contributed by atoms with Crippen molar-refractivity contribution in [1.29, 1.82) is 0 Å². The maximum atomic E-state index is 3.26. The monoisotopic (exact) mass is 213 g/mol. The first-order valence-corrected chi connectivity index (χ1v) is 6.70. The fourth-order valence-corrected chi connectivity index (χ4v) is 2.29. The number of hydrogen-bond donors (Lipinski definition) is 1. The molecule has 0 saturated heterocycles. The molecule has 1 unspecified atom stereocenters. The Labute approximate surface area is 97.0 Å². The molecule has 0 fully saturated rings. The van der Waals surface area contributed by atoms with Gasteiger partial charge in [-0.2, -0.15) is 0 Å². The first-order chi connectivity index (χ1) is 7.05. The van der Waals surface area contributed by atoms with Gasteiger partial charge in [-0.25, -0.2) is 0 Å². The zero-order valence-electron chi connectivity index (χ0n) is 11.5. The van der Waals surface area contributed by atoms with Gasteiger partial charge in [0.05, 0.1) is 0 Å². The third kappa shape index (κ3) is 7.84. The molecule has 1 N–H and O–H groups in total. The van der Waals surface area contributed by atoms with Crippen LogP contribution in [-0.2, 0) is 0 Å². The third-order valence-electron chi connectivity index (χ3n) is 3.44. The van der Waals surface area contributed by atoms with Crippen molar-refractivity contribution in [3.05, 3.63) is 0 Å². The van der Waals surface area contributed by atoms with E-state index in [9.17, 15) is 0 Å². The fraction of sp³-hybridized carbons (Fsp3) is 1.00. The number of hydrogen-bond acceptors (Lipinski definition) is 1. The Bertz CT molecular complexity index is 140. The van der Waals surface area contributed by atoms with E-state index in [4.69, 9.17) is 0 Å². The van der Waals surface area contributed by atoms with E-state index in [0.717, 1.165) is 12.5 Å². The molecule has 1 nitrogen and oxygen atoms in total. The van der Waals surface area contributed by atoms with Gasteiger partial charge in [0, 0.05) is 0 Å². The van der Waals surface area contributed by atoms with Crippen LogP contribution in [0.2, 0.25) is 0 Å². The lowest BCUT2D eigenvalue weighted by atomic mass is 9.77. The van der Waals surface area contributed by atoms with Crippen LogP contribution in [0, 0.1) is 11.3 Å². The summed E-state index contributed by atoms with van der Waals surface area (Å²) in [5.41, 5.74) is 0.511. The molecule has 0 radical (unpaired) electrons. The summed E-state index contributed by atoms with van der Waals surface area (Å²) in [6, 6.07) is 0. The highest BCUT2D eigenvalue weighted by Gasteiger charge is 2.21. The minimum Gasteiger partial charge on any atom is -0.320 e. The van der Waals surface area contributed by atoms with Crippen molar-refractivity contribution in [2.45, 2.75) is 66.2 Å². The van der Waals surface area contributed by atoms with E-state index in [1.54, 1.807) is 0 Å². The summed E-state index contributed by atoms with van der Waals surface area (Å²) in [6.45, 7) is 10.6. The summed E-state index contributed by atoms with van der Waals surface area (Å²) in [5, 5.41) is 3.26. The molecule has 0 aliphatic heterocycles. The SMILES string of the molecule is CCCCC(CC)CC(C)(C)CCNC. The van der Waals surface area contributed by atoms with Crippen LogP contribution in [0.4, 0.5) is 0 Å². The second-order valence-electron chi connectivity index (χ2n) is 5.64. The molecule has 1 atom stereocenters. The average Bonchev–Trinajstić information content (AvgIpc) is 2.21. The summed E-state index contributed by atoms with van der Waals surface area (Å²) in [7, 11) is 2.05. The Balaban J connectivity index is 3.90. The molecule has 0 aromatic rings. The molecular weight excluding hydrogens is 182 g/mol. The molecule has 0 aliphatic rings. The average molecular weight is 213 g/mol. The van der Waals surface area contributed by atoms with Gasteiger partial charge in [0.15, 0.2) is 0 Å². The maximum Gasteiger partial charge on any atom is -0.00468 e. The minimum absolute atomic E-state index is 0.511. The second kappa shape index (κ2) is 8.15. The fourth-order valence-electron chi connectivity index (χ4n) is 2.29. The van der Waals surface area contributed by atoms with E-state index < -0.39 is 0 Å². The standard InChI is InChI=1S/C14H31N/c1-6-8-9-13(7-2)12-14(3,4)10-11-15-5/h13,15H,6-12H2,1-5H3. The van der Waals surface area contributed by atoms with Crippen molar-refractivity contribution in [3.63, 3.8) is 0 Å². The molecule has 15 heavy (non-hydrogen) atoms. The molecule has 0 rings (SSSR count). The van der Waals surface area contributed by atoms with Gasteiger partial charge >= 0.3 is 0 Å². The van der Waals surface area contributed by atoms with Gasteiger partial charge < -0.3 is 5.32 Å². The van der Waals surface area contributed by atoms with Gasteiger partial charge in [0.2, 0.25) is 0 Å². The molecule has 92 valence electrons. The van der Waals surface area contributed by atoms with Crippen LogP contribution < -0.4 is 5.32 Å². The van der Waals surface area contributed by atoms with Crippen LogP contribution in [0.15, 0.2) is 0 Å². The van der Waals surface area contributed by atoms with Gasteiger partial charge in [-0.15, -0.1) is 0 Å². The molecule has 0 spiro atoms. The van der Waals surface area contributed by atoms with E-state index in [0.29, 0.717) is 5.41 Å². The van der Waals surface area contributed by atoms with Gasteiger partial charge in [0.1, 0.15) is 0 Å². The van der Waals surface area contributed by atoms with Crippen molar-refractivity contribution in [3.8, 4) is 0 Å². The molecule has 0 aromatic carbocycles. The lowest BCUT2D eigenvalue weighted by Crippen LogP contribution is -2.22. The van der Waals surface area contributed by atoms with Crippen molar-refractivity contribution in [2.75, 3.05) is 13.6 Å². The van der Waals surface area contributed by atoms with E-state index in [2.05, 4.69) is 33.0 Å². The Hall–Kier alpha value is -0.0400. The van der Waals surface area contributed by atoms with Crippen molar-refractivity contribution < 1.29 is 0 Å². The zero-order valence-corrected chi connectivity index (χ0v) is 11.5. The van der Waals surface area contributed by atoms with Crippen LogP contribution in [0.1, 0.15) is 66.2 Å². The molecule has 0 saturated carbocycles. The Morgan fingerprint density at radius 1 is 1.20 bits per heavy atom. The second-order valence-corrected chi connectivity index (χ2v) is 5.64. The van der Waals surface area contributed by atoms with Crippen LogP contribution in [0.3, 0.4) is 0 Å². The van der Waals surface area contributed by atoms with Crippen molar-refractivity contribution in [1.82, 2.24) is 5.32 Å². The van der Waals surface area contributed by atoms with Crippen LogP contribution in [-0.4, -0.2) is 13.6 Å². The summed E-state index contributed by atoms with van der Waals surface area (Å²) in [5.74, 6) is 0.941. The molecule has 0 aromatic heterocycles. The van der Waals surface area contributed by atoms with E-state index in [1.165, 1.54) is 38.5 Å². The highest BCUT2D eigenvalue weighted by Crippen LogP contribution is 2.32. The summed E-state index contributed by atoms with van der Waals surface area (Å²) in [4.78, 5) is 0. The summed E-state index contributed by atoms with van der Waals surface area (Å²) >= 11 is 0. The normalized spacial score (nSPS) is 14.2. The highest BCUT2D eigenvalue weighted by molar-refractivity contribution is 4.74. The predicted molar refractivity (Wildman–Crippen MR) is 70.2 cm³/mol. The highest BCUT2D eigenvalue weighted by atomic mass is 14.8. The van der Waals surface area contributed by atoms with Gasteiger partial charge in [-0.1, -0.05) is 53.4 Å². The minimum atomic E-state index is 0.511. The Morgan fingerprint density at radius 3 is 2.33 bits per heavy atom. The number of nitrogens with one attached hydrogen (secondary N) is 1. The Kier molecular flexibility index (Phi) is 8.13. The Morgan fingerprint density at radius 2 is 1.87 bits per heavy atom. The summed E-state index contributed by atoms with van der Waals surface area (Å²) in [6.07, 6.45) is 8.21. The molecule has 0 bridgehead atoms. The van der Waals surface area contributed by atoms with Crippen LogP contribution >= 0.6 is 0 Å². The summed E-state index contributed by atoms with van der Waals surface area (Å²) < 4.78 is 0. The maximum absolute atomic E-state index is 3.26. The first kappa shape index (κ1) is 15.0. The molecule has 0 amide bonds. The quantitative estimate of drug-likeness (QED) is 0.604. The molecule has 0 heterocycles. The number of unbranched alkanes of at least 4 members (excludes halogenated alkanes) is 1. The molecular formula is C14H31N. The van der Waals surface area contributed by atoms with Gasteiger partial charge in [0.25, 0.3) is 0 Å². The van der Waals surface area contributed by atoms with Gasteiger partial charge in [-0.3, -0.25) is 0 Å². The topological polar surface area (TPSA) is 12.0 Å². The lowest BCUT2D eigenvalue weighted by molar-refractivity contribution is 0.231. The van der Waals surface area contributed by atoms with Crippen molar-refractivity contribution >= 4 is 0 Å².